The van der Waals surface area contributed by atoms with E-state index in [1.165, 1.54) is 17.0 Å². The number of carbonyl (C=O) groups excluding carboxylic acids is 1. The third kappa shape index (κ3) is 5.08. The molecule has 30 heavy (non-hydrogen) atoms. The largest absolute Gasteiger partial charge is 0.444 e. The minimum atomic E-state index is -1.12. The van der Waals surface area contributed by atoms with Crippen LogP contribution in [0.2, 0.25) is 0 Å². The van der Waals surface area contributed by atoms with Crippen molar-refractivity contribution in [1.29, 1.82) is 0 Å². The Morgan fingerprint density at radius 3 is 2.47 bits per heavy atom. The van der Waals surface area contributed by atoms with Crippen molar-refractivity contribution < 1.29 is 14.6 Å². The summed E-state index contributed by atoms with van der Waals surface area (Å²) in [6.07, 6.45) is 1.77. The lowest BCUT2D eigenvalue weighted by Crippen LogP contribution is -2.60. The number of likely N-dealkylation sites (tertiary alicyclic amines) is 1. The van der Waals surface area contributed by atoms with Gasteiger partial charge in [-0.15, -0.1) is 0 Å². The van der Waals surface area contributed by atoms with Crippen LogP contribution in [0.4, 0.5) is 4.79 Å². The fraction of sp³-hybridized carbons (Fsp3) is 0.522. The Labute approximate surface area is 177 Å². The molecule has 1 unspecified atom stereocenters. The molecular weight excluding hydrogens is 382 g/mol. The summed E-state index contributed by atoms with van der Waals surface area (Å²) in [7, 11) is 0. The first kappa shape index (κ1) is 22.0. The van der Waals surface area contributed by atoms with E-state index < -0.39 is 16.7 Å². The number of carbonyl (C=O) groups is 1. The minimum Gasteiger partial charge on any atom is -0.444 e. The van der Waals surface area contributed by atoms with Crippen molar-refractivity contribution in [3.05, 3.63) is 53.1 Å². The highest BCUT2D eigenvalue weighted by atomic mass is 16.6. The Bertz CT molecular complexity index is 962. The highest BCUT2D eigenvalue weighted by molar-refractivity contribution is 5.69. The molecule has 1 atom stereocenters. The number of aromatic nitrogens is 2. The molecule has 7 nitrogen and oxygen atoms in total. The summed E-state index contributed by atoms with van der Waals surface area (Å²) in [5.41, 5.74) is -1.07. The first-order valence-electron chi connectivity index (χ1n) is 10.2. The van der Waals surface area contributed by atoms with Crippen LogP contribution in [0.15, 0.2) is 47.5 Å². The standard InChI is InChI=1S/C23H31N3O4/c1-21(2,3)30-20(28)26-12-11-23(29,14-22(26,4)5)15-25-16-24-18(13-19(25)27)17-9-7-6-8-10-17/h6-10,13,16,29H,11-12,14-15H2,1-5H3. The van der Waals surface area contributed by atoms with Gasteiger partial charge in [0.15, 0.2) is 0 Å². The van der Waals surface area contributed by atoms with Gasteiger partial charge in [-0.25, -0.2) is 9.78 Å². The number of hydrogen-bond donors (Lipinski definition) is 1. The first-order chi connectivity index (χ1) is 13.9. The second-order valence-electron chi connectivity index (χ2n) is 9.70. The molecule has 0 saturated carbocycles. The highest BCUT2D eigenvalue weighted by Crippen LogP contribution is 2.36. The summed E-state index contributed by atoms with van der Waals surface area (Å²) in [5.74, 6) is 0. The molecular formula is C23H31N3O4. The van der Waals surface area contributed by atoms with E-state index >= 15 is 0 Å². The molecule has 1 fully saturated rings. The van der Waals surface area contributed by atoms with Crippen LogP contribution in [-0.4, -0.2) is 48.9 Å². The second-order valence-corrected chi connectivity index (χ2v) is 9.70. The van der Waals surface area contributed by atoms with E-state index in [0.29, 0.717) is 25.1 Å². The highest BCUT2D eigenvalue weighted by Gasteiger charge is 2.46. The van der Waals surface area contributed by atoms with Crippen LogP contribution in [0.3, 0.4) is 0 Å². The maximum Gasteiger partial charge on any atom is 0.410 e. The Kier molecular flexibility index (Phi) is 5.78. The van der Waals surface area contributed by atoms with Crippen molar-refractivity contribution in [2.75, 3.05) is 6.54 Å². The summed E-state index contributed by atoms with van der Waals surface area (Å²) in [6, 6.07) is 11.0. The van der Waals surface area contributed by atoms with Crippen LogP contribution in [0.25, 0.3) is 11.3 Å². The third-order valence-corrected chi connectivity index (χ3v) is 5.32. The van der Waals surface area contributed by atoms with Crippen molar-refractivity contribution in [2.24, 2.45) is 0 Å². The molecule has 162 valence electrons. The third-order valence-electron chi connectivity index (χ3n) is 5.32. The summed E-state index contributed by atoms with van der Waals surface area (Å²) in [5, 5.41) is 11.2. The fourth-order valence-corrected chi connectivity index (χ4v) is 4.03. The second kappa shape index (κ2) is 7.87. The Hall–Kier alpha value is -2.67. The van der Waals surface area contributed by atoms with Crippen LogP contribution in [0.1, 0.15) is 47.5 Å². The van der Waals surface area contributed by atoms with Crippen molar-refractivity contribution in [3.8, 4) is 11.3 Å². The molecule has 1 aromatic carbocycles. The van der Waals surface area contributed by atoms with Gasteiger partial charge in [-0.3, -0.25) is 9.36 Å². The monoisotopic (exact) mass is 413 g/mol. The first-order valence-corrected chi connectivity index (χ1v) is 10.2. The quantitative estimate of drug-likeness (QED) is 0.833. The molecule has 7 heteroatoms. The van der Waals surface area contributed by atoms with Crippen molar-refractivity contribution in [2.45, 2.75) is 70.7 Å². The van der Waals surface area contributed by atoms with Crippen LogP contribution in [-0.2, 0) is 11.3 Å². The van der Waals surface area contributed by atoms with Gasteiger partial charge < -0.3 is 14.7 Å². The van der Waals surface area contributed by atoms with Crippen LogP contribution >= 0.6 is 0 Å². The van der Waals surface area contributed by atoms with Crippen LogP contribution in [0.5, 0.6) is 0 Å². The maximum atomic E-state index is 12.6. The molecule has 0 spiro atoms. The molecule has 2 heterocycles. The normalized spacial score (nSPS) is 21.3. The number of ether oxygens (including phenoxy) is 1. The number of aliphatic hydroxyl groups is 1. The van der Waals surface area contributed by atoms with E-state index in [1.54, 1.807) is 4.90 Å². The van der Waals surface area contributed by atoms with Gasteiger partial charge in [-0.1, -0.05) is 30.3 Å². The van der Waals surface area contributed by atoms with Gasteiger partial charge in [-0.05, 0) is 41.0 Å². The fourth-order valence-electron chi connectivity index (χ4n) is 4.03. The van der Waals surface area contributed by atoms with Gasteiger partial charge in [0.1, 0.15) is 5.60 Å². The summed E-state index contributed by atoms with van der Waals surface area (Å²) in [6.45, 7) is 9.77. The molecule has 1 aromatic heterocycles. The van der Waals surface area contributed by atoms with E-state index in [9.17, 15) is 14.7 Å². The van der Waals surface area contributed by atoms with Gasteiger partial charge in [0.05, 0.1) is 24.2 Å². The molecule has 0 bridgehead atoms. The van der Waals surface area contributed by atoms with E-state index in [-0.39, 0.29) is 18.2 Å². The number of amides is 1. The molecule has 1 N–H and O–H groups in total. The Morgan fingerprint density at radius 1 is 1.23 bits per heavy atom. The topological polar surface area (TPSA) is 84.7 Å². The predicted molar refractivity (Wildman–Crippen MR) is 115 cm³/mol. The number of nitrogens with zero attached hydrogens (tertiary/aromatic N) is 3. The molecule has 0 radical (unpaired) electrons. The van der Waals surface area contributed by atoms with Gasteiger partial charge >= 0.3 is 6.09 Å². The Balaban J connectivity index is 1.75. The summed E-state index contributed by atoms with van der Waals surface area (Å²) >= 11 is 0. The van der Waals surface area contributed by atoms with Crippen molar-refractivity contribution >= 4 is 6.09 Å². The van der Waals surface area contributed by atoms with Crippen molar-refractivity contribution in [3.63, 3.8) is 0 Å². The molecule has 2 aromatic rings. The zero-order chi connectivity index (χ0) is 22.2. The van der Waals surface area contributed by atoms with Gasteiger partial charge in [0, 0.05) is 30.1 Å². The number of benzene rings is 1. The summed E-state index contributed by atoms with van der Waals surface area (Å²) in [4.78, 5) is 31.3. The molecule has 0 aliphatic carbocycles. The smallest absolute Gasteiger partial charge is 0.410 e. The lowest BCUT2D eigenvalue weighted by molar-refractivity contribution is -0.0868. The number of piperidine rings is 1. The lowest BCUT2D eigenvalue weighted by atomic mass is 9.79. The Morgan fingerprint density at radius 2 is 1.90 bits per heavy atom. The zero-order valence-corrected chi connectivity index (χ0v) is 18.4. The van der Waals surface area contributed by atoms with E-state index in [2.05, 4.69) is 4.98 Å². The van der Waals surface area contributed by atoms with E-state index in [0.717, 1.165) is 5.56 Å². The number of rotatable bonds is 3. The van der Waals surface area contributed by atoms with Gasteiger partial charge in [0.25, 0.3) is 5.56 Å². The average Bonchev–Trinajstić information content (AvgIpc) is 2.61. The molecule has 1 aliphatic rings. The maximum absolute atomic E-state index is 12.6. The molecule has 1 aliphatic heterocycles. The van der Waals surface area contributed by atoms with E-state index in [4.69, 9.17) is 4.74 Å². The lowest BCUT2D eigenvalue weighted by Gasteiger charge is -2.49. The zero-order valence-electron chi connectivity index (χ0n) is 18.4. The number of hydrogen-bond acceptors (Lipinski definition) is 5. The minimum absolute atomic E-state index is 0.124. The van der Waals surface area contributed by atoms with Gasteiger partial charge in [0.2, 0.25) is 0 Å². The van der Waals surface area contributed by atoms with Crippen LogP contribution < -0.4 is 5.56 Å². The predicted octanol–water partition coefficient (Wildman–Crippen LogP) is 3.45. The SMILES string of the molecule is CC(C)(C)OC(=O)N1CCC(O)(Cn2cnc(-c3ccccc3)cc2=O)CC1(C)C. The summed E-state index contributed by atoms with van der Waals surface area (Å²) < 4.78 is 6.95. The van der Waals surface area contributed by atoms with Gasteiger partial charge in [-0.2, -0.15) is 0 Å². The van der Waals surface area contributed by atoms with Crippen LogP contribution in [0, 0.1) is 0 Å². The van der Waals surface area contributed by atoms with E-state index in [1.807, 2.05) is 65.0 Å². The molecule has 3 rings (SSSR count). The molecule has 1 saturated heterocycles. The molecule has 1 amide bonds. The van der Waals surface area contributed by atoms with Crippen molar-refractivity contribution in [1.82, 2.24) is 14.5 Å². The average molecular weight is 414 g/mol.